The van der Waals surface area contributed by atoms with Gasteiger partial charge >= 0.3 is 6.16 Å². The lowest BCUT2D eigenvalue weighted by Gasteiger charge is -2.11. The Labute approximate surface area is 183 Å². The number of carbonyl (C=O) groups excluding carboxylic acids is 1. The Hall–Kier alpha value is -2.17. The highest BCUT2D eigenvalue weighted by Crippen LogP contribution is 2.29. The largest absolute Gasteiger partial charge is 0.513 e. The van der Waals surface area contributed by atoms with Gasteiger partial charge in [0, 0.05) is 30.8 Å². The summed E-state index contributed by atoms with van der Waals surface area (Å²) in [5.74, 6) is 0.486. The zero-order chi connectivity index (χ0) is 22.3. The zero-order valence-corrected chi connectivity index (χ0v) is 18.7. The van der Waals surface area contributed by atoms with Crippen molar-refractivity contribution in [1.29, 1.82) is 0 Å². The van der Waals surface area contributed by atoms with Crippen LogP contribution in [0.4, 0.5) is 4.79 Å². The van der Waals surface area contributed by atoms with E-state index in [4.69, 9.17) is 28.4 Å². The molecule has 1 heterocycles. The quantitative estimate of drug-likeness (QED) is 0.243. The van der Waals surface area contributed by atoms with E-state index in [9.17, 15) is 4.79 Å². The molecule has 1 aromatic carbocycles. The van der Waals surface area contributed by atoms with Gasteiger partial charge in [0.15, 0.2) is 0 Å². The highest BCUT2D eigenvalue weighted by Gasteiger charge is 2.14. The number of hydrogen-bond donors (Lipinski definition) is 1. The van der Waals surface area contributed by atoms with Crippen molar-refractivity contribution in [2.24, 2.45) is 0 Å². The SMILES string of the molecule is COCCOCCOCCOCCOC(=O)Oc1cccc2[nH]cc(CCN(C)C)c12. The summed E-state index contributed by atoms with van der Waals surface area (Å²) >= 11 is 0. The molecule has 0 spiro atoms. The third-order valence-corrected chi connectivity index (χ3v) is 4.39. The molecule has 0 bridgehead atoms. The number of H-pyrrole nitrogens is 1. The number of fused-ring (bicyclic) bond motifs is 1. The minimum Gasteiger partial charge on any atom is -0.432 e. The van der Waals surface area contributed by atoms with Crippen LogP contribution in [0.15, 0.2) is 24.4 Å². The summed E-state index contributed by atoms with van der Waals surface area (Å²) in [4.78, 5) is 17.4. The van der Waals surface area contributed by atoms with Crippen molar-refractivity contribution in [2.75, 3.05) is 80.6 Å². The summed E-state index contributed by atoms with van der Waals surface area (Å²) in [6.07, 6.45) is 2.05. The first kappa shape index (κ1) is 25.1. The van der Waals surface area contributed by atoms with Gasteiger partial charge in [-0.25, -0.2) is 4.79 Å². The van der Waals surface area contributed by atoms with Crippen LogP contribution in [0.1, 0.15) is 5.56 Å². The Balaban J connectivity index is 1.62. The van der Waals surface area contributed by atoms with Crippen LogP contribution in [-0.4, -0.2) is 96.6 Å². The molecule has 0 saturated heterocycles. The zero-order valence-electron chi connectivity index (χ0n) is 18.7. The summed E-state index contributed by atoms with van der Waals surface area (Å²) in [5.41, 5.74) is 2.02. The first-order chi connectivity index (χ1) is 15.1. The lowest BCUT2D eigenvalue weighted by atomic mass is 10.1. The van der Waals surface area contributed by atoms with Gasteiger partial charge in [-0.05, 0) is 38.2 Å². The van der Waals surface area contributed by atoms with Crippen molar-refractivity contribution in [2.45, 2.75) is 6.42 Å². The van der Waals surface area contributed by atoms with E-state index < -0.39 is 6.16 Å². The first-order valence-electron chi connectivity index (χ1n) is 10.4. The van der Waals surface area contributed by atoms with Crippen LogP contribution < -0.4 is 4.74 Å². The van der Waals surface area contributed by atoms with Crippen molar-refractivity contribution in [3.8, 4) is 5.75 Å². The Morgan fingerprint density at radius 3 is 2.23 bits per heavy atom. The molecule has 9 heteroatoms. The number of methoxy groups -OCH3 is 1. The second kappa shape index (κ2) is 14.8. The Morgan fingerprint density at radius 2 is 1.58 bits per heavy atom. The van der Waals surface area contributed by atoms with Gasteiger partial charge in [-0.3, -0.25) is 0 Å². The van der Waals surface area contributed by atoms with E-state index in [-0.39, 0.29) is 13.2 Å². The fourth-order valence-electron chi connectivity index (χ4n) is 2.83. The molecule has 0 atom stereocenters. The summed E-state index contributed by atoms with van der Waals surface area (Å²) in [6.45, 7) is 4.27. The van der Waals surface area contributed by atoms with E-state index in [0.29, 0.717) is 45.4 Å². The Kier molecular flexibility index (Phi) is 12.0. The van der Waals surface area contributed by atoms with Gasteiger partial charge in [-0.15, -0.1) is 0 Å². The molecule has 2 aromatic rings. The van der Waals surface area contributed by atoms with Gasteiger partial charge < -0.3 is 38.3 Å². The molecule has 0 aliphatic rings. The van der Waals surface area contributed by atoms with E-state index in [2.05, 4.69) is 9.88 Å². The lowest BCUT2D eigenvalue weighted by Crippen LogP contribution is -2.17. The topological polar surface area (TPSA) is 91.5 Å². The third-order valence-electron chi connectivity index (χ3n) is 4.39. The molecule has 0 aliphatic heterocycles. The number of rotatable bonds is 16. The predicted molar refractivity (Wildman–Crippen MR) is 117 cm³/mol. The number of likely N-dealkylation sites (N-methyl/N-ethyl adjacent to an activating group) is 1. The number of nitrogens with zero attached hydrogens (tertiary/aromatic N) is 1. The second-order valence-electron chi connectivity index (χ2n) is 7.08. The van der Waals surface area contributed by atoms with Crippen LogP contribution in [0.3, 0.4) is 0 Å². The molecular weight excluding hydrogens is 404 g/mol. The number of aromatic amines is 1. The molecule has 31 heavy (non-hydrogen) atoms. The van der Waals surface area contributed by atoms with Gasteiger partial charge in [0.1, 0.15) is 12.4 Å². The molecule has 0 aliphatic carbocycles. The maximum Gasteiger partial charge on any atom is 0.513 e. The predicted octanol–water partition coefficient (Wildman–Crippen LogP) is 2.48. The molecule has 0 unspecified atom stereocenters. The molecule has 1 aromatic heterocycles. The van der Waals surface area contributed by atoms with Crippen LogP contribution in [0, 0.1) is 0 Å². The van der Waals surface area contributed by atoms with Crippen LogP contribution in [0.5, 0.6) is 5.75 Å². The molecule has 0 fully saturated rings. The maximum atomic E-state index is 12.1. The van der Waals surface area contributed by atoms with E-state index in [0.717, 1.165) is 29.4 Å². The summed E-state index contributed by atoms with van der Waals surface area (Å²) < 4.78 is 31.5. The minimum absolute atomic E-state index is 0.107. The summed E-state index contributed by atoms with van der Waals surface area (Å²) in [5, 5.41) is 0.904. The Morgan fingerprint density at radius 1 is 0.935 bits per heavy atom. The molecule has 174 valence electrons. The van der Waals surface area contributed by atoms with E-state index in [1.54, 1.807) is 13.2 Å². The number of nitrogens with one attached hydrogen (secondary N) is 1. The number of carbonyl (C=O) groups is 1. The summed E-state index contributed by atoms with van der Waals surface area (Å²) in [6, 6.07) is 5.56. The van der Waals surface area contributed by atoms with Crippen LogP contribution in [0.2, 0.25) is 0 Å². The fraction of sp³-hybridized carbons (Fsp3) is 0.591. The number of benzene rings is 1. The summed E-state index contributed by atoms with van der Waals surface area (Å²) in [7, 11) is 5.68. The third kappa shape index (κ3) is 9.67. The van der Waals surface area contributed by atoms with Crippen LogP contribution in [-0.2, 0) is 30.1 Å². The molecule has 0 amide bonds. The molecule has 0 radical (unpaired) electrons. The van der Waals surface area contributed by atoms with Gasteiger partial charge in [0.25, 0.3) is 0 Å². The lowest BCUT2D eigenvalue weighted by molar-refractivity contribution is -0.00447. The van der Waals surface area contributed by atoms with Gasteiger partial charge in [-0.1, -0.05) is 6.07 Å². The van der Waals surface area contributed by atoms with Crippen molar-refractivity contribution in [3.05, 3.63) is 30.0 Å². The smallest absolute Gasteiger partial charge is 0.432 e. The van der Waals surface area contributed by atoms with Gasteiger partial charge in [-0.2, -0.15) is 0 Å². The van der Waals surface area contributed by atoms with Crippen molar-refractivity contribution < 1.29 is 33.2 Å². The minimum atomic E-state index is -0.750. The van der Waals surface area contributed by atoms with Gasteiger partial charge in [0.05, 0.1) is 46.2 Å². The van der Waals surface area contributed by atoms with Crippen molar-refractivity contribution in [3.63, 3.8) is 0 Å². The number of aromatic nitrogens is 1. The fourth-order valence-corrected chi connectivity index (χ4v) is 2.83. The molecule has 1 N–H and O–H groups in total. The van der Waals surface area contributed by atoms with E-state index in [1.807, 2.05) is 32.4 Å². The molecule has 9 nitrogen and oxygen atoms in total. The average molecular weight is 439 g/mol. The van der Waals surface area contributed by atoms with E-state index >= 15 is 0 Å². The normalized spacial score (nSPS) is 11.4. The van der Waals surface area contributed by atoms with Crippen LogP contribution in [0.25, 0.3) is 10.9 Å². The monoisotopic (exact) mass is 438 g/mol. The van der Waals surface area contributed by atoms with Crippen LogP contribution >= 0.6 is 0 Å². The number of ether oxygens (including phenoxy) is 6. The van der Waals surface area contributed by atoms with E-state index in [1.165, 1.54) is 0 Å². The number of hydrogen-bond acceptors (Lipinski definition) is 8. The molecule has 2 rings (SSSR count). The highest BCUT2D eigenvalue weighted by atomic mass is 16.7. The first-order valence-corrected chi connectivity index (χ1v) is 10.4. The van der Waals surface area contributed by atoms with Gasteiger partial charge in [0.2, 0.25) is 0 Å². The average Bonchev–Trinajstić information content (AvgIpc) is 3.17. The standard InChI is InChI=1S/C22H34N2O7/c1-24(2)8-7-18-17-23-19-5-4-6-20(21(18)19)31-22(25)30-16-15-29-14-13-28-12-11-27-10-9-26-3/h4-6,17,23H,7-16H2,1-3H3. The molecular formula is C22H34N2O7. The maximum absolute atomic E-state index is 12.1. The molecule has 0 saturated carbocycles. The van der Waals surface area contributed by atoms with Crippen molar-refractivity contribution >= 4 is 17.1 Å². The van der Waals surface area contributed by atoms with Crippen molar-refractivity contribution in [1.82, 2.24) is 9.88 Å². The Bertz CT molecular complexity index is 763. The second-order valence-corrected chi connectivity index (χ2v) is 7.08. The highest BCUT2D eigenvalue weighted by molar-refractivity contribution is 5.90.